The van der Waals surface area contributed by atoms with Crippen molar-refractivity contribution in [1.29, 1.82) is 0 Å². The maximum absolute atomic E-state index is 3.86. The topological polar surface area (TPSA) is 6.48 Å². The fourth-order valence-corrected chi connectivity index (χ4v) is 1.69. The average Bonchev–Trinajstić information content (AvgIpc) is 2.14. The Kier molecular flexibility index (Phi) is 3.33. The van der Waals surface area contributed by atoms with Gasteiger partial charge >= 0.3 is 0 Å². The maximum atomic E-state index is 3.86. The third-order valence-corrected chi connectivity index (χ3v) is 2.70. The molecule has 0 aromatic heterocycles. The first-order valence-electron chi connectivity index (χ1n) is 3.73. The fourth-order valence-electron chi connectivity index (χ4n) is 1.17. The predicted octanol–water partition coefficient (Wildman–Crippen LogP) is 0.917. The molecule has 0 bridgehead atoms. The Hall–Kier alpha value is 0.0900. The molecule has 1 aliphatic rings. The van der Waals surface area contributed by atoms with Crippen LogP contribution < -0.4 is 0 Å². The van der Waals surface area contributed by atoms with Crippen LogP contribution >= 0.6 is 8.35 Å². The minimum Gasteiger partial charge on any atom is -0.305 e. The van der Waals surface area contributed by atoms with E-state index in [0.29, 0.717) is 0 Å². The molecule has 3 heteroatoms. The van der Waals surface area contributed by atoms with E-state index in [4.69, 9.17) is 0 Å². The number of rotatable bonds is 1. The minimum atomic E-state index is 1.18. The first-order valence-corrected chi connectivity index (χ1v) is 4.76. The molecule has 1 fully saturated rings. The van der Waals surface area contributed by atoms with E-state index in [0.717, 1.165) is 0 Å². The highest BCUT2D eigenvalue weighted by Gasteiger charge is 2.08. The van der Waals surface area contributed by atoms with Gasteiger partial charge in [0.15, 0.2) is 0 Å². The van der Waals surface area contributed by atoms with Gasteiger partial charge in [-0.25, -0.2) is 0 Å². The second-order valence-corrected chi connectivity index (χ2v) is 3.60. The van der Waals surface area contributed by atoms with Gasteiger partial charge in [0.2, 0.25) is 0 Å². The molecule has 1 heterocycles. The lowest BCUT2D eigenvalue weighted by Gasteiger charge is -2.13. The summed E-state index contributed by atoms with van der Waals surface area (Å²) < 4.78 is 2.38. The highest BCUT2D eigenvalue weighted by Crippen LogP contribution is 2.08. The molecule has 0 aliphatic carbocycles. The van der Waals surface area contributed by atoms with Crippen LogP contribution in [-0.4, -0.2) is 49.1 Å². The quantitative estimate of drug-likeness (QED) is 0.523. The Morgan fingerprint density at radius 2 is 2.00 bits per heavy atom. The summed E-state index contributed by atoms with van der Waals surface area (Å²) in [6.45, 7) is 4.84. The van der Waals surface area contributed by atoms with Crippen LogP contribution in [-0.2, 0) is 0 Å². The van der Waals surface area contributed by atoms with Gasteiger partial charge in [-0.2, -0.15) is 0 Å². The summed E-state index contributed by atoms with van der Waals surface area (Å²) >= 11 is 0. The molecule has 58 valence electrons. The summed E-state index contributed by atoms with van der Waals surface area (Å²) in [4.78, 5) is 2.38. The van der Waals surface area contributed by atoms with Crippen LogP contribution in [0.4, 0.5) is 0 Å². The minimum absolute atomic E-state index is 1.18. The summed E-state index contributed by atoms with van der Waals surface area (Å²) in [5, 5.41) is 0. The molecule has 0 amide bonds. The van der Waals surface area contributed by atoms with E-state index in [1.54, 1.807) is 0 Å². The van der Waals surface area contributed by atoms with E-state index in [-0.39, 0.29) is 0 Å². The zero-order valence-corrected chi connectivity index (χ0v) is 7.48. The SMILES string of the molecule is C=PN1CCCN(C)CC1. The van der Waals surface area contributed by atoms with Gasteiger partial charge in [-0.3, -0.25) is 4.67 Å². The van der Waals surface area contributed by atoms with E-state index < -0.39 is 0 Å². The Balaban J connectivity index is 2.32. The lowest BCUT2D eigenvalue weighted by atomic mass is 10.4. The molecule has 0 N–H and O–H groups in total. The third-order valence-electron chi connectivity index (χ3n) is 1.90. The number of nitrogens with zero attached hydrogens (tertiary/aromatic N) is 2. The standard InChI is InChI=1S/C7H15N2P/c1-8-4-3-5-9(10-2)7-6-8/h2-7H2,1H3. The molecule has 0 unspecified atom stereocenters. The second kappa shape index (κ2) is 4.07. The Morgan fingerprint density at radius 1 is 1.20 bits per heavy atom. The van der Waals surface area contributed by atoms with E-state index in [1.165, 1.54) is 41.0 Å². The molecule has 0 spiro atoms. The summed E-state index contributed by atoms with van der Waals surface area (Å²) in [6.07, 6.45) is 5.15. The normalized spacial score (nSPS) is 24.9. The summed E-state index contributed by atoms with van der Waals surface area (Å²) in [5.74, 6) is 0. The number of hydrogen-bond acceptors (Lipinski definition) is 2. The zero-order chi connectivity index (χ0) is 7.40. The molecule has 2 nitrogen and oxygen atoms in total. The highest BCUT2D eigenvalue weighted by atomic mass is 31.1. The van der Waals surface area contributed by atoms with E-state index in [2.05, 4.69) is 22.9 Å². The summed E-state index contributed by atoms with van der Waals surface area (Å²) in [5.41, 5.74) is 0. The van der Waals surface area contributed by atoms with Crippen molar-refractivity contribution in [2.24, 2.45) is 0 Å². The Morgan fingerprint density at radius 3 is 2.70 bits per heavy atom. The van der Waals surface area contributed by atoms with Crippen molar-refractivity contribution in [2.75, 3.05) is 33.2 Å². The van der Waals surface area contributed by atoms with Crippen molar-refractivity contribution in [3.05, 3.63) is 0 Å². The predicted molar refractivity (Wildman–Crippen MR) is 47.7 cm³/mol. The Labute approximate surface area is 64.7 Å². The Bertz CT molecular complexity index is 116. The largest absolute Gasteiger partial charge is 0.305 e. The number of hydrogen-bond donors (Lipinski definition) is 0. The zero-order valence-electron chi connectivity index (χ0n) is 6.58. The summed E-state index contributed by atoms with van der Waals surface area (Å²) in [7, 11) is 3.37. The number of likely N-dealkylation sites (N-methyl/N-ethyl adjacent to an activating group) is 1. The average molecular weight is 158 g/mol. The van der Waals surface area contributed by atoms with E-state index in [9.17, 15) is 0 Å². The molecule has 10 heavy (non-hydrogen) atoms. The lowest BCUT2D eigenvalue weighted by molar-refractivity contribution is 0.351. The first kappa shape index (κ1) is 8.19. The van der Waals surface area contributed by atoms with E-state index in [1.807, 2.05) is 0 Å². The molecule has 0 aromatic rings. The highest BCUT2D eigenvalue weighted by molar-refractivity contribution is 7.33. The van der Waals surface area contributed by atoms with Gasteiger partial charge in [-0.15, -0.1) is 0 Å². The molecule has 1 saturated heterocycles. The van der Waals surface area contributed by atoms with Crippen LogP contribution in [0.5, 0.6) is 0 Å². The van der Waals surface area contributed by atoms with Gasteiger partial charge < -0.3 is 4.90 Å². The molecule has 0 radical (unpaired) electrons. The molecular formula is C7H15N2P. The maximum Gasteiger partial charge on any atom is 0.0194 e. The smallest absolute Gasteiger partial charge is 0.0194 e. The molecule has 0 saturated carbocycles. The van der Waals surface area contributed by atoms with Crippen LogP contribution in [0.1, 0.15) is 6.42 Å². The van der Waals surface area contributed by atoms with Gasteiger partial charge in [-0.05, 0) is 28.4 Å². The first-order chi connectivity index (χ1) is 4.83. The summed E-state index contributed by atoms with van der Waals surface area (Å²) in [6, 6.07) is 0. The van der Waals surface area contributed by atoms with Crippen molar-refractivity contribution in [2.45, 2.75) is 6.42 Å². The van der Waals surface area contributed by atoms with Crippen molar-refractivity contribution in [1.82, 2.24) is 9.57 Å². The van der Waals surface area contributed by atoms with Gasteiger partial charge in [-0.1, -0.05) is 6.30 Å². The van der Waals surface area contributed by atoms with Crippen LogP contribution in [0.25, 0.3) is 0 Å². The molecule has 1 rings (SSSR count). The molecule has 0 aromatic carbocycles. The van der Waals surface area contributed by atoms with Gasteiger partial charge in [0, 0.05) is 19.6 Å². The van der Waals surface area contributed by atoms with Crippen LogP contribution in [0.15, 0.2) is 0 Å². The van der Waals surface area contributed by atoms with Crippen LogP contribution in [0.2, 0.25) is 0 Å². The van der Waals surface area contributed by atoms with Gasteiger partial charge in [0.25, 0.3) is 0 Å². The molecular weight excluding hydrogens is 143 g/mol. The second-order valence-electron chi connectivity index (χ2n) is 2.75. The van der Waals surface area contributed by atoms with Crippen LogP contribution in [0.3, 0.4) is 0 Å². The van der Waals surface area contributed by atoms with Crippen molar-refractivity contribution >= 4 is 14.7 Å². The molecule has 1 aliphatic heterocycles. The lowest BCUT2D eigenvalue weighted by Crippen LogP contribution is -2.23. The van der Waals surface area contributed by atoms with Crippen molar-refractivity contribution < 1.29 is 0 Å². The van der Waals surface area contributed by atoms with Crippen LogP contribution in [0, 0.1) is 0 Å². The molecule has 0 atom stereocenters. The van der Waals surface area contributed by atoms with Crippen molar-refractivity contribution in [3.8, 4) is 0 Å². The third kappa shape index (κ3) is 2.37. The van der Waals surface area contributed by atoms with Gasteiger partial charge in [0.05, 0.1) is 0 Å². The van der Waals surface area contributed by atoms with Crippen molar-refractivity contribution in [3.63, 3.8) is 0 Å². The van der Waals surface area contributed by atoms with E-state index >= 15 is 0 Å². The monoisotopic (exact) mass is 158 g/mol. The fraction of sp³-hybridized carbons (Fsp3) is 0.857. The van der Waals surface area contributed by atoms with Gasteiger partial charge in [0.1, 0.15) is 0 Å².